The van der Waals surface area contributed by atoms with E-state index in [-0.39, 0.29) is 48.3 Å². The summed E-state index contributed by atoms with van der Waals surface area (Å²) in [4.78, 5) is 23.6. The van der Waals surface area contributed by atoms with Crippen molar-refractivity contribution in [3.8, 4) is 11.9 Å². The molecule has 0 bridgehead atoms. The predicted molar refractivity (Wildman–Crippen MR) is 131 cm³/mol. The number of likely N-dealkylation sites (tertiary alicyclic amines) is 1. The molecule has 2 aromatic rings. The second kappa shape index (κ2) is 12.3. The summed E-state index contributed by atoms with van der Waals surface area (Å²) in [7, 11) is 3.06. The monoisotopic (exact) mass is 538 g/mol. The maximum atomic E-state index is 13.4. The third kappa shape index (κ3) is 6.72. The number of aromatic nitrogens is 2. The average Bonchev–Trinajstić information content (AvgIpc) is 2.92. The Morgan fingerprint density at radius 1 is 1.18 bits per heavy atom. The van der Waals surface area contributed by atoms with Crippen molar-refractivity contribution in [3.63, 3.8) is 0 Å². The highest BCUT2D eigenvalue weighted by Crippen LogP contribution is 2.30. The first-order valence-electron chi connectivity index (χ1n) is 12.6. The molecule has 2 saturated heterocycles. The minimum absolute atomic E-state index is 0.00824. The molecule has 9 nitrogen and oxygen atoms in total. The second-order valence-electron chi connectivity index (χ2n) is 9.45. The number of halogens is 3. The molecule has 4 rings (SSSR count). The summed E-state index contributed by atoms with van der Waals surface area (Å²) in [6.07, 6.45) is -2.02. The lowest BCUT2D eigenvalue weighted by atomic mass is 9.99. The van der Waals surface area contributed by atoms with Crippen LogP contribution in [0.3, 0.4) is 0 Å². The summed E-state index contributed by atoms with van der Waals surface area (Å²) in [6.45, 7) is 3.84. The lowest BCUT2D eigenvalue weighted by Gasteiger charge is -2.38. The third-order valence-electron chi connectivity index (χ3n) is 6.93. The van der Waals surface area contributed by atoms with Gasteiger partial charge in [-0.05, 0) is 43.9 Å². The molecule has 0 aliphatic carbocycles. The summed E-state index contributed by atoms with van der Waals surface area (Å²) in [5, 5.41) is 3.66. The summed E-state index contributed by atoms with van der Waals surface area (Å²) in [5.74, 6) is -0.189. The van der Waals surface area contributed by atoms with E-state index in [0.29, 0.717) is 37.4 Å². The van der Waals surface area contributed by atoms with Crippen LogP contribution < -0.4 is 14.8 Å². The number of ether oxygens (including phenoxy) is 4. The van der Waals surface area contributed by atoms with Crippen molar-refractivity contribution < 1.29 is 36.9 Å². The van der Waals surface area contributed by atoms with Gasteiger partial charge in [0, 0.05) is 44.5 Å². The molecular weight excluding hydrogens is 505 g/mol. The van der Waals surface area contributed by atoms with Gasteiger partial charge in [0.15, 0.2) is 0 Å². The molecule has 0 saturated carbocycles. The standard InChI is InChI=1S/C26H33F3N4O5/c1-16-22(24(34)33-10-7-19(8-11-33)30-20-9-12-37-15-21(20)35-2)31-25(36-3)32-23(16)38-14-17-5-4-6-18(13-17)26(27,28)29/h4-6,13,19-21,30H,7-12,14-15H2,1-3H3. The number of hydrogen-bond acceptors (Lipinski definition) is 8. The molecule has 2 fully saturated rings. The van der Waals surface area contributed by atoms with Gasteiger partial charge in [-0.2, -0.15) is 23.1 Å². The average molecular weight is 539 g/mol. The first-order chi connectivity index (χ1) is 18.2. The van der Waals surface area contributed by atoms with Crippen LogP contribution in [0.1, 0.15) is 46.4 Å². The van der Waals surface area contributed by atoms with Gasteiger partial charge in [-0.1, -0.05) is 12.1 Å². The van der Waals surface area contributed by atoms with Gasteiger partial charge in [0.25, 0.3) is 5.91 Å². The Hall–Kier alpha value is -2.96. The lowest BCUT2D eigenvalue weighted by molar-refractivity contribution is -0.137. The van der Waals surface area contributed by atoms with Crippen LogP contribution >= 0.6 is 0 Å². The third-order valence-corrected chi connectivity index (χ3v) is 6.93. The fraction of sp³-hybridized carbons (Fsp3) is 0.577. The number of carbonyl (C=O) groups excluding carboxylic acids is 1. The molecule has 1 aromatic heterocycles. The molecular formula is C26H33F3N4O5. The molecule has 12 heteroatoms. The maximum absolute atomic E-state index is 13.4. The molecule has 2 aliphatic rings. The van der Waals surface area contributed by atoms with Crippen molar-refractivity contribution in [1.82, 2.24) is 20.2 Å². The SMILES string of the molecule is COc1nc(OCc2cccc(C(F)(F)F)c2)c(C)c(C(=O)N2CCC(NC3CCOCC3OC)CC2)n1. The zero-order chi connectivity index (χ0) is 27.3. The number of benzene rings is 1. The molecule has 2 atom stereocenters. The summed E-state index contributed by atoms with van der Waals surface area (Å²) < 4.78 is 61.1. The van der Waals surface area contributed by atoms with Gasteiger partial charge in [-0.3, -0.25) is 4.79 Å². The number of alkyl halides is 3. The van der Waals surface area contributed by atoms with Crippen LogP contribution in [-0.2, 0) is 22.3 Å². The minimum atomic E-state index is -4.46. The maximum Gasteiger partial charge on any atom is 0.416 e. The van der Waals surface area contributed by atoms with Crippen LogP contribution in [0.2, 0.25) is 0 Å². The van der Waals surface area contributed by atoms with E-state index in [2.05, 4.69) is 15.3 Å². The Morgan fingerprint density at radius 3 is 2.63 bits per heavy atom. The van der Waals surface area contributed by atoms with Gasteiger partial charge in [-0.25, -0.2) is 0 Å². The van der Waals surface area contributed by atoms with Gasteiger partial charge in [0.1, 0.15) is 12.3 Å². The smallest absolute Gasteiger partial charge is 0.416 e. The van der Waals surface area contributed by atoms with Gasteiger partial charge in [-0.15, -0.1) is 0 Å². The first kappa shape index (κ1) is 28.1. The van der Waals surface area contributed by atoms with E-state index >= 15 is 0 Å². The van der Waals surface area contributed by atoms with Crippen molar-refractivity contribution >= 4 is 5.91 Å². The summed E-state index contributed by atoms with van der Waals surface area (Å²) in [6, 6.07) is 5.28. The molecule has 38 heavy (non-hydrogen) atoms. The quantitative estimate of drug-likeness (QED) is 0.547. The Labute approximate surface area is 219 Å². The number of rotatable bonds is 8. The molecule has 0 radical (unpaired) electrons. The Kier molecular flexibility index (Phi) is 9.06. The zero-order valence-corrected chi connectivity index (χ0v) is 21.7. The molecule has 1 amide bonds. The van der Waals surface area contributed by atoms with E-state index in [4.69, 9.17) is 18.9 Å². The number of piperidine rings is 1. The van der Waals surface area contributed by atoms with Crippen molar-refractivity contribution in [2.24, 2.45) is 0 Å². The molecule has 1 N–H and O–H groups in total. The van der Waals surface area contributed by atoms with Gasteiger partial charge >= 0.3 is 12.2 Å². The fourth-order valence-electron chi connectivity index (χ4n) is 4.74. The summed E-state index contributed by atoms with van der Waals surface area (Å²) >= 11 is 0. The Morgan fingerprint density at radius 2 is 1.95 bits per heavy atom. The van der Waals surface area contributed by atoms with Gasteiger partial charge in [0.05, 0.1) is 25.4 Å². The number of methoxy groups -OCH3 is 2. The van der Waals surface area contributed by atoms with Crippen LogP contribution in [0, 0.1) is 6.92 Å². The van der Waals surface area contributed by atoms with Crippen LogP contribution in [0.4, 0.5) is 13.2 Å². The predicted octanol–water partition coefficient (Wildman–Crippen LogP) is 3.39. The number of carbonyl (C=O) groups is 1. The van der Waals surface area contributed by atoms with Crippen molar-refractivity contribution in [2.45, 2.75) is 57.2 Å². The van der Waals surface area contributed by atoms with E-state index in [1.807, 2.05) is 0 Å². The van der Waals surface area contributed by atoms with Crippen molar-refractivity contribution in [2.75, 3.05) is 40.5 Å². The van der Waals surface area contributed by atoms with Gasteiger partial charge < -0.3 is 29.2 Å². The highest BCUT2D eigenvalue weighted by Gasteiger charge is 2.32. The van der Waals surface area contributed by atoms with E-state index in [1.165, 1.54) is 19.2 Å². The topological polar surface area (TPSA) is 95.0 Å². The number of nitrogens with one attached hydrogen (secondary N) is 1. The highest BCUT2D eigenvalue weighted by molar-refractivity contribution is 5.94. The van der Waals surface area contributed by atoms with Crippen LogP contribution in [0.5, 0.6) is 11.9 Å². The van der Waals surface area contributed by atoms with E-state index in [9.17, 15) is 18.0 Å². The highest BCUT2D eigenvalue weighted by atomic mass is 19.4. The normalized spacial score (nSPS) is 20.8. The number of nitrogens with zero attached hydrogens (tertiary/aromatic N) is 3. The Bertz CT molecular complexity index is 1110. The molecule has 2 aliphatic heterocycles. The minimum Gasteiger partial charge on any atom is -0.472 e. The fourth-order valence-corrected chi connectivity index (χ4v) is 4.74. The number of amides is 1. The van der Waals surface area contributed by atoms with Crippen molar-refractivity contribution in [3.05, 3.63) is 46.6 Å². The largest absolute Gasteiger partial charge is 0.472 e. The van der Waals surface area contributed by atoms with Gasteiger partial charge in [0.2, 0.25) is 5.88 Å². The Balaban J connectivity index is 1.41. The zero-order valence-electron chi connectivity index (χ0n) is 21.7. The van der Waals surface area contributed by atoms with E-state index in [0.717, 1.165) is 31.4 Å². The van der Waals surface area contributed by atoms with Crippen LogP contribution in [0.25, 0.3) is 0 Å². The second-order valence-corrected chi connectivity index (χ2v) is 9.45. The van der Waals surface area contributed by atoms with Crippen molar-refractivity contribution in [1.29, 1.82) is 0 Å². The van der Waals surface area contributed by atoms with E-state index < -0.39 is 11.7 Å². The van der Waals surface area contributed by atoms with Crippen LogP contribution in [-0.4, -0.2) is 79.5 Å². The molecule has 1 aromatic carbocycles. The first-order valence-corrected chi connectivity index (χ1v) is 12.6. The lowest BCUT2D eigenvalue weighted by Crippen LogP contribution is -2.54. The van der Waals surface area contributed by atoms with Crippen LogP contribution in [0.15, 0.2) is 24.3 Å². The van der Waals surface area contributed by atoms with E-state index in [1.54, 1.807) is 18.9 Å². The molecule has 0 spiro atoms. The summed E-state index contributed by atoms with van der Waals surface area (Å²) in [5.41, 5.74) is 0.0951. The molecule has 2 unspecified atom stereocenters. The number of hydrogen-bond donors (Lipinski definition) is 1. The molecule has 208 valence electrons. The molecule has 3 heterocycles.